The van der Waals surface area contributed by atoms with E-state index in [-0.39, 0.29) is 24.0 Å². The summed E-state index contributed by atoms with van der Waals surface area (Å²) in [6.45, 7) is 9.42. The van der Waals surface area contributed by atoms with Crippen LogP contribution in [0.15, 0.2) is 23.5 Å². The van der Waals surface area contributed by atoms with E-state index >= 15 is 0 Å². The minimum absolute atomic E-state index is 0. The maximum Gasteiger partial charge on any atom is 0.191 e. The molecule has 0 aliphatic carbocycles. The van der Waals surface area contributed by atoms with Crippen molar-refractivity contribution >= 4 is 29.9 Å². The Morgan fingerprint density at radius 3 is 2.67 bits per heavy atom. The topological polar surface area (TPSA) is 72.1 Å². The highest BCUT2D eigenvalue weighted by molar-refractivity contribution is 14.0. The average molecular weight is 445 g/mol. The molecule has 2 rings (SSSR count). The predicted molar refractivity (Wildman–Crippen MR) is 108 cm³/mol. The summed E-state index contributed by atoms with van der Waals surface area (Å²) >= 11 is 0. The lowest BCUT2D eigenvalue weighted by Crippen LogP contribution is -2.38. The molecule has 0 radical (unpaired) electrons. The van der Waals surface area contributed by atoms with Crippen LogP contribution in [0.2, 0.25) is 0 Å². The number of nitrogens with one attached hydrogen (secondary N) is 2. The van der Waals surface area contributed by atoms with Crippen molar-refractivity contribution in [3.8, 4) is 0 Å². The van der Waals surface area contributed by atoms with E-state index in [9.17, 15) is 0 Å². The first-order chi connectivity index (χ1) is 11.1. The summed E-state index contributed by atoms with van der Waals surface area (Å²) in [4.78, 5) is 4.58. The van der Waals surface area contributed by atoms with E-state index in [0.29, 0.717) is 6.54 Å². The third kappa shape index (κ3) is 6.50. The van der Waals surface area contributed by atoms with E-state index < -0.39 is 0 Å². The lowest BCUT2D eigenvalue weighted by Gasteiger charge is -2.11. The largest absolute Gasteiger partial charge is 0.357 e. The fourth-order valence-corrected chi connectivity index (χ4v) is 2.40. The van der Waals surface area contributed by atoms with Crippen molar-refractivity contribution in [2.24, 2.45) is 12.0 Å². The van der Waals surface area contributed by atoms with Gasteiger partial charge in [0, 0.05) is 44.1 Å². The highest BCUT2D eigenvalue weighted by atomic mass is 127. The second-order valence-corrected chi connectivity index (χ2v) is 5.65. The zero-order chi connectivity index (χ0) is 16.7. The Morgan fingerprint density at radius 2 is 2.08 bits per heavy atom. The molecule has 0 aliphatic heterocycles. The molecule has 2 N–H and O–H groups in total. The molecule has 0 fully saturated rings. The third-order valence-electron chi connectivity index (χ3n) is 3.46. The molecule has 0 spiro atoms. The summed E-state index contributed by atoms with van der Waals surface area (Å²) in [6, 6.07) is 2.10. The normalized spacial score (nSPS) is 11.2. The SMILES string of the molecule is CCNC(=NCc1cnn(C)c1)NCCCn1nc(C)cc1C.I. The van der Waals surface area contributed by atoms with Gasteiger partial charge in [-0.15, -0.1) is 24.0 Å². The molecule has 0 aromatic carbocycles. The van der Waals surface area contributed by atoms with Gasteiger partial charge in [0.25, 0.3) is 0 Å². The molecule has 0 aliphatic rings. The van der Waals surface area contributed by atoms with Crippen molar-refractivity contribution in [1.29, 1.82) is 0 Å². The lowest BCUT2D eigenvalue weighted by atomic mass is 10.3. The molecule has 0 saturated carbocycles. The summed E-state index contributed by atoms with van der Waals surface area (Å²) in [7, 11) is 1.91. The summed E-state index contributed by atoms with van der Waals surface area (Å²) in [5.41, 5.74) is 3.38. The number of aromatic nitrogens is 4. The van der Waals surface area contributed by atoms with Crippen molar-refractivity contribution in [2.75, 3.05) is 13.1 Å². The van der Waals surface area contributed by atoms with E-state index in [1.54, 1.807) is 4.68 Å². The van der Waals surface area contributed by atoms with Crippen LogP contribution >= 0.6 is 24.0 Å². The minimum Gasteiger partial charge on any atom is -0.357 e. The first-order valence-electron chi connectivity index (χ1n) is 8.09. The van der Waals surface area contributed by atoms with Gasteiger partial charge in [0.05, 0.1) is 18.4 Å². The number of hydrogen-bond acceptors (Lipinski definition) is 3. The second kappa shape index (κ2) is 10.3. The van der Waals surface area contributed by atoms with Crippen LogP contribution in [0.4, 0.5) is 0 Å². The summed E-state index contributed by atoms with van der Waals surface area (Å²) in [5, 5.41) is 15.3. The summed E-state index contributed by atoms with van der Waals surface area (Å²) in [5.74, 6) is 0.838. The highest BCUT2D eigenvalue weighted by Crippen LogP contribution is 2.02. The summed E-state index contributed by atoms with van der Waals surface area (Å²) in [6.07, 6.45) is 4.82. The quantitative estimate of drug-likeness (QED) is 0.296. The Kier molecular flexibility index (Phi) is 8.80. The van der Waals surface area contributed by atoms with E-state index in [0.717, 1.165) is 43.3 Å². The van der Waals surface area contributed by atoms with Crippen LogP contribution in [0.1, 0.15) is 30.3 Å². The number of rotatable bonds is 7. The van der Waals surface area contributed by atoms with Gasteiger partial charge in [0.1, 0.15) is 0 Å². The first kappa shape index (κ1) is 20.5. The number of aryl methyl sites for hydroxylation is 4. The molecular weight excluding hydrogens is 417 g/mol. The van der Waals surface area contributed by atoms with Crippen molar-refractivity contribution in [2.45, 2.75) is 40.3 Å². The number of halogens is 1. The fraction of sp³-hybridized carbons (Fsp3) is 0.562. The maximum absolute atomic E-state index is 4.58. The van der Waals surface area contributed by atoms with E-state index in [4.69, 9.17) is 0 Å². The smallest absolute Gasteiger partial charge is 0.191 e. The first-order valence-corrected chi connectivity index (χ1v) is 8.09. The molecule has 134 valence electrons. The molecule has 2 heterocycles. The molecule has 2 aromatic rings. The van der Waals surface area contributed by atoms with Gasteiger partial charge in [0.2, 0.25) is 0 Å². The second-order valence-electron chi connectivity index (χ2n) is 5.65. The molecule has 0 saturated heterocycles. The Balaban J connectivity index is 0.00000288. The molecule has 0 atom stereocenters. The van der Waals surface area contributed by atoms with Crippen LogP contribution in [0, 0.1) is 13.8 Å². The van der Waals surface area contributed by atoms with Crippen LogP contribution in [-0.4, -0.2) is 38.6 Å². The Labute approximate surface area is 160 Å². The van der Waals surface area contributed by atoms with Crippen LogP contribution < -0.4 is 10.6 Å². The number of hydrogen-bond donors (Lipinski definition) is 2. The van der Waals surface area contributed by atoms with Gasteiger partial charge in [-0.25, -0.2) is 4.99 Å². The van der Waals surface area contributed by atoms with Gasteiger partial charge in [-0.3, -0.25) is 9.36 Å². The number of aliphatic imine (C=N–C) groups is 1. The zero-order valence-electron chi connectivity index (χ0n) is 14.9. The van der Waals surface area contributed by atoms with Gasteiger partial charge < -0.3 is 10.6 Å². The van der Waals surface area contributed by atoms with Crippen LogP contribution in [-0.2, 0) is 20.1 Å². The number of guanidine groups is 1. The third-order valence-corrected chi connectivity index (χ3v) is 3.46. The molecule has 7 nitrogen and oxygen atoms in total. The van der Waals surface area contributed by atoms with Crippen LogP contribution in [0.3, 0.4) is 0 Å². The molecule has 8 heteroatoms. The van der Waals surface area contributed by atoms with Crippen molar-refractivity contribution in [3.05, 3.63) is 35.4 Å². The molecule has 0 bridgehead atoms. The average Bonchev–Trinajstić information content (AvgIpc) is 3.06. The standard InChI is InChI=1S/C16H27N7.HI/c1-5-17-16(19-10-15-11-20-22(4)12-15)18-7-6-8-23-14(3)9-13(2)21-23;/h9,11-12H,5-8,10H2,1-4H3,(H2,17,18,19);1H. The maximum atomic E-state index is 4.58. The highest BCUT2D eigenvalue weighted by Gasteiger charge is 2.02. The van der Waals surface area contributed by atoms with Gasteiger partial charge in [-0.1, -0.05) is 0 Å². The Morgan fingerprint density at radius 1 is 1.29 bits per heavy atom. The number of nitrogens with zero attached hydrogens (tertiary/aromatic N) is 5. The Bertz CT molecular complexity index is 645. The molecule has 0 unspecified atom stereocenters. The molecule has 2 aromatic heterocycles. The van der Waals surface area contributed by atoms with Gasteiger partial charge in [0.15, 0.2) is 5.96 Å². The van der Waals surface area contributed by atoms with Crippen molar-refractivity contribution < 1.29 is 0 Å². The lowest BCUT2D eigenvalue weighted by molar-refractivity contribution is 0.555. The van der Waals surface area contributed by atoms with Gasteiger partial charge in [-0.2, -0.15) is 10.2 Å². The summed E-state index contributed by atoms with van der Waals surface area (Å²) < 4.78 is 3.84. The molecular formula is C16H28IN7. The fourth-order valence-electron chi connectivity index (χ4n) is 2.40. The van der Waals surface area contributed by atoms with Gasteiger partial charge >= 0.3 is 0 Å². The molecule has 24 heavy (non-hydrogen) atoms. The predicted octanol–water partition coefficient (Wildman–Crippen LogP) is 2.00. The van der Waals surface area contributed by atoms with Crippen molar-refractivity contribution in [3.63, 3.8) is 0 Å². The van der Waals surface area contributed by atoms with Crippen molar-refractivity contribution in [1.82, 2.24) is 30.2 Å². The van der Waals surface area contributed by atoms with Gasteiger partial charge in [-0.05, 0) is 33.3 Å². The van der Waals surface area contributed by atoms with E-state index in [1.165, 1.54) is 5.69 Å². The molecule has 0 amide bonds. The Hall–Kier alpha value is -1.58. The zero-order valence-corrected chi connectivity index (χ0v) is 17.2. The van der Waals surface area contributed by atoms with Crippen LogP contribution in [0.25, 0.3) is 0 Å². The van der Waals surface area contributed by atoms with E-state index in [1.807, 2.05) is 26.4 Å². The minimum atomic E-state index is 0. The van der Waals surface area contributed by atoms with E-state index in [2.05, 4.69) is 50.4 Å². The monoisotopic (exact) mass is 445 g/mol. The van der Waals surface area contributed by atoms with Crippen LogP contribution in [0.5, 0.6) is 0 Å².